The molecule has 0 aliphatic heterocycles. The van der Waals surface area contributed by atoms with Crippen LogP contribution in [0.4, 0.5) is 4.79 Å². The maximum Gasteiger partial charge on any atom is 0.340 e. The summed E-state index contributed by atoms with van der Waals surface area (Å²) >= 11 is 0. The number of nitrogens with zero attached hydrogens (tertiary/aromatic N) is 1. The maximum absolute atomic E-state index is 11.8. The van der Waals surface area contributed by atoms with Gasteiger partial charge in [0.2, 0.25) is 0 Å². The lowest BCUT2D eigenvalue weighted by Crippen LogP contribution is -2.31. The van der Waals surface area contributed by atoms with Gasteiger partial charge in [-0.2, -0.15) is 0 Å². The Balaban J connectivity index is 1.70. The van der Waals surface area contributed by atoms with Crippen molar-refractivity contribution in [3.8, 4) is 0 Å². The number of nitrogens with one attached hydrogen (secondary N) is 2. The van der Waals surface area contributed by atoms with Crippen LogP contribution in [0, 0.1) is 6.92 Å². The van der Waals surface area contributed by atoms with Crippen molar-refractivity contribution in [2.24, 2.45) is 0 Å². The van der Waals surface area contributed by atoms with Crippen LogP contribution in [-0.2, 0) is 6.42 Å². The highest BCUT2D eigenvalue weighted by Gasteiger charge is 2.07. The first kappa shape index (κ1) is 14.1. The minimum absolute atomic E-state index is 0.262. The molecule has 2 rings (SSSR count). The lowest BCUT2D eigenvalue weighted by Gasteiger charge is -2.07. The normalized spacial score (nSPS) is 10.4. The maximum atomic E-state index is 11.8. The summed E-state index contributed by atoms with van der Waals surface area (Å²) in [5.41, 5.74) is 1.66. The molecule has 0 atom stereocenters. The summed E-state index contributed by atoms with van der Waals surface area (Å²) in [4.78, 5) is 22.9. The van der Waals surface area contributed by atoms with Crippen LogP contribution < -0.4 is 10.9 Å². The zero-order chi connectivity index (χ0) is 14.4. The van der Waals surface area contributed by atoms with E-state index in [1.807, 2.05) is 18.2 Å². The molecular weight excluding hydrogens is 254 g/mol. The number of hydrogen-bond acceptors (Lipinski definition) is 2. The predicted octanol–water partition coefficient (Wildman–Crippen LogP) is 2.07. The molecule has 1 aromatic heterocycles. The summed E-state index contributed by atoms with van der Waals surface area (Å²) < 4.78 is 1.24. The second kappa shape index (κ2) is 6.75. The number of hydrogen-bond donors (Lipinski definition) is 2. The molecule has 0 bridgehead atoms. The lowest BCUT2D eigenvalue weighted by atomic mass is 10.1. The van der Waals surface area contributed by atoms with E-state index in [1.165, 1.54) is 16.3 Å². The van der Waals surface area contributed by atoms with E-state index in [2.05, 4.69) is 22.5 Å². The standard InChI is InChI=1S/C15H19N3O2/c1-12-11-14(19)17-18(12)15(20)16-10-6-5-9-13-7-3-2-4-8-13/h2-4,7-8,11H,5-6,9-10H2,1H3,(H,16,20)(H,17,19). The summed E-state index contributed by atoms with van der Waals surface area (Å²) in [5.74, 6) is 0. The lowest BCUT2D eigenvalue weighted by molar-refractivity contribution is 0.238. The van der Waals surface area contributed by atoms with Crippen LogP contribution in [0.3, 0.4) is 0 Å². The Bertz CT molecular complexity index is 614. The fourth-order valence-electron chi connectivity index (χ4n) is 2.07. The molecule has 0 unspecified atom stereocenters. The molecule has 1 aromatic carbocycles. The highest BCUT2D eigenvalue weighted by Crippen LogP contribution is 2.03. The van der Waals surface area contributed by atoms with Gasteiger partial charge in [0.25, 0.3) is 5.56 Å². The number of H-pyrrole nitrogens is 1. The van der Waals surface area contributed by atoms with Crippen LogP contribution in [0.1, 0.15) is 24.1 Å². The second-order valence-electron chi connectivity index (χ2n) is 4.77. The number of unbranched alkanes of at least 4 members (excludes halogenated alkanes) is 1. The van der Waals surface area contributed by atoms with Gasteiger partial charge in [0, 0.05) is 18.3 Å². The van der Waals surface area contributed by atoms with E-state index < -0.39 is 0 Å². The van der Waals surface area contributed by atoms with Gasteiger partial charge in [-0.15, -0.1) is 0 Å². The Morgan fingerprint density at radius 3 is 2.65 bits per heavy atom. The second-order valence-corrected chi connectivity index (χ2v) is 4.77. The largest absolute Gasteiger partial charge is 0.340 e. The molecule has 0 aliphatic rings. The Morgan fingerprint density at radius 1 is 1.25 bits per heavy atom. The van der Waals surface area contributed by atoms with Gasteiger partial charge in [-0.3, -0.25) is 9.89 Å². The van der Waals surface area contributed by atoms with Gasteiger partial charge in [0.05, 0.1) is 0 Å². The molecular formula is C15H19N3O2. The number of benzene rings is 1. The van der Waals surface area contributed by atoms with Crippen LogP contribution in [0.5, 0.6) is 0 Å². The molecule has 1 amide bonds. The highest BCUT2D eigenvalue weighted by molar-refractivity contribution is 5.76. The smallest absolute Gasteiger partial charge is 0.336 e. The SMILES string of the molecule is Cc1cc(=O)[nH]n1C(=O)NCCCCc1ccccc1. The summed E-state index contributed by atoms with van der Waals surface area (Å²) in [6, 6.07) is 11.4. The van der Waals surface area contributed by atoms with Gasteiger partial charge in [-0.1, -0.05) is 30.3 Å². The van der Waals surface area contributed by atoms with E-state index in [1.54, 1.807) is 6.92 Å². The van der Waals surface area contributed by atoms with E-state index >= 15 is 0 Å². The number of carbonyl (C=O) groups is 1. The fourth-order valence-corrected chi connectivity index (χ4v) is 2.07. The van der Waals surface area contributed by atoms with Crippen molar-refractivity contribution in [3.05, 3.63) is 58.0 Å². The first-order chi connectivity index (χ1) is 9.66. The average molecular weight is 273 g/mol. The monoisotopic (exact) mass is 273 g/mol. The Labute approximate surface area is 117 Å². The van der Waals surface area contributed by atoms with Gasteiger partial charge < -0.3 is 5.32 Å². The third kappa shape index (κ3) is 3.85. The molecule has 1 heterocycles. The van der Waals surface area contributed by atoms with Crippen molar-refractivity contribution in [2.45, 2.75) is 26.2 Å². The number of aryl methyl sites for hydroxylation is 2. The molecule has 0 fully saturated rings. The quantitative estimate of drug-likeness (QED) is 0.819. The number of aromatic nitrogens is 2. The number of aromatic amines is 1. The minimum Gasteiger partial charge on any atom is -0.336 e. The number of rotatable bonds is 5. The van der Waals surface area contributed by atoms with E-state index in [-0.39, 0.29) is 11.6 Å². The Morgan fingerprint density at radius 2 is 2.00 bits per heavy atom. The van der Waals surface area contributed by atoms with Crippen molar-refractivity contribution >= 4 is 6.03 Å². The summed E-state index contributed by atoms with van der Waals surface area (Å²) in [6.45, 7) is 2.32. The van der Waals surface area contributed by atoms with Crippen LogP contribution in [0.15, 0.2) is 41.2 Å². The van der Waals surface area contributed by atoms with Gasteiger partial charge in [0.15, 0.2) is 0 Å². The zero-order valence-electron chi connectivity index (χ0n) is 11.6. The summed E-state index contributed by atoms with van der Waals surface area (Å²) in [6.07, 6.45) is 2.94. The predicted molar refractivity (Wildman–Crippen MR) is 78.0 cm³/mol. The molecule has 0 aliphatic carbocycles. The van der Waals surface area contributed by atoms with E-state index in [0.717, 1.165) is 19.3 Å². The molecule has 5 heteroatoms. The van der Waals surface area contributed by atoms with Crippen LogP contribution in [0.2, 0.25) is 0 Å². The van der Waals surface area contributed by atoms with Gasteiger partial charge >= 0.3 is 6.03 Å². The van der Waals surface area contributed by atoms with Crippen LogP contribution in [-0.4, -0.2) is 22.4 Å². The van der Waals surface area contributed by atoms with Crippen molar-refractivity contribution in [1.82, 2.24) is 15.1 Å². The minimum atomic E-state index is -0.288. The van der Waals surface area contributed by atoms with E-state index in [0.29, 0.717) is 12.2 Å². The van der Waals surface area contributed by atoms with Crippen LogP contribution >= 0.6 is 0 Å². The molecule has 20 heavy (non-hydrogen) atoms. The van der Waals surface area contributed by atoms with Crippen molar-refractivity contribution in [1.29, 1.82) is 0 Å². The zero-order valence-corrected chi connectivity index (χ0v) is 11.6. The first-order valence-electron chi connectivity index (χ1n) is 6.77. The van der Waals surface area contributed by atoms with Crippen molar-refractivity contribution in [3.63, 3.8) is 0 Å². The average Bonchev–Trinajstić information content (AvgIpc) is 2.78. The first-order valence-corrected chi connectivity index (χ1v) is 6.77. The van der Waals surface area contributed by atoms with E-state index in [9.17, 15) is 9.59 Å². The third-order valence-corrected chi connectivity index (χ3v) is 3.13. The van der Waals surface area contributed by atoms with Gasteiger partial charge in [-0.25, -0.2) is 9.48 Å². The molecule has 2 aromatic rings. The summed E-state index contributed by atoms with van der Waals surface area (Å²) in [7, 11) is 0. The van der Waals surface area contributed by atoms with Crippen LogP contribution in [0.25, 0.3) is 0 Å². The molecule has 106 valence electrons. The molecule has 2 N–H and O–H groups in total. The topological polar surface area (TPSA) is 66.9 Å². The number of amides is 1. The highest BCUT2D eigenvalue weighted by atomic mass is 16.2. The van der Waals surface area contributed by atoms with Crippen molar-refractivity contribution in [2.75, 3.05) is 6.54 Å². The Kier molecular flexibility index (Phi) is 4.76. The Hall–Kier alpha value is -2.30. The molecule has 0 radical (unpaired) electrons. The van der Waals surface area contributed by atoms with Gasteiger partial charge in [0.1, 0.15) is 0 Å². The molecule has 0 saturated heterocycles. The fraction of sp³-hybridized carbons (Fsp3) is 0.333. The van der Waals surface area contributed by atoms with Gasteiger partial charge in [-0.05, 0) is 31.7 Å². The van der Waals surface area contributed by atoms with Crippen molar-refractivity contribution < 1.29 is 4.79 Å². The molecule has 5 nitrogen and oxygen atoms in total. The molecule has 0 spiro atoms. The van der Waals surface area contributed by atoms with E-state index in [4.69, 9.17) is 0 Å². The summed E-state index contributed by atoms with van der Waals surface area (Å²) in [5, 5.41) is 5.25. The number of carbonyl (C=O) groups excluding carboxylic acids is 1. The molecule has 0 saturated carbocycles. The third-order valence-electron chi connectivity index (χ3n) is 3.13.